The molecule has 1 aliphatic carbocycles. The molecule has 0 aromatic heterocycles. The molecule has 2 fully saturated rings. The van der Waals surface area contributed by atoms with Crippen LogP contribution in [-0.4, -0.2) is 29.6 Å². The van der Waals surface area contributed by atoms with Crippen molar-refractivity contribution in [3.8, 4) is 0 Å². The van der Waals surface area contributed by atoms with E-state index >= 15 is 0 Å². The van der Waals surface area contributed by atoms with Crippen molar-refractivity contribution in [2.75, 3.05) is 6.54 Å². The van der Waals surface area contributed by atoms with Gasteiger partial charge in [-0.2, -0.15) is 0 Å². The van der Waals surface area contributed by atoms with Crippen LogP contribution in [0.5, 0.6) is 0 Å². The van der Waals surface area contributed by atoms with E-state index in [4.69, 9.17) is 0 Å². The van der Waals surface area contributed by atoms with Crippen molar-refractivity contribution in [2.24, 2.45) is 0 Å². The normalized spacial score (nSPS) is 33.4. The molecule has 0 bridgehead atoms. The van der Waals surface area contributed by atoms with Gasteiger partial charge in [0.25, 0.3) is 0 Å². The Morgan fingerprint density at radius 3 is 3.19 bits per heavy atom. The van der Waals surface area contributed by atoms with Gasteiger partial charge in [-0.25, -0.2) is 4.79 Å². The average Bonchev–Trinajstić information content (AvgIpc) is 2.79. The second-order valence-corrected chi connectivity index (χ2v) is 4.94. The van der Waals surface area contributed by atoms with Crippen LogP contribution < -0.4 is 5.32 Å². The summed E-state index contributed by atoms with van der Waals surface area (Å²) in [5, 5.41) is 3.14. The van der Waals surface area contributed by atoms with E-state index in [0.29, 0.717) is 6.04 Å². The highest BCUT2D eigenvalue weighted by Gasteiger charge is 2.37. The molecule has 3 rings (SSSR count). The molecule has 2 saturated heterocycles. The van der Waals surface area contributed by atoms with Crippen molar-refractivity contribution in [3.05, 3.63) is 23.8 Å². The fourth-order valence-electron chi connectivity index (χ4n) is 3.07. The second kappa shape index (κ2) is 3.96. The predicted molar refractivity (Wildman–Crippen MR) is 63.1 cm³/mol. The zero-order valence-corrected chi connectivity index (χ0v) is 9.48. The molecule has 0 saturated carbocycles. The first-order valence-corrected chi connectivity index (χ1v) is 6.27. The van der Waals surface area contributed by atoms with Crippen LogP contribution in [-0.2, 0) is 0 Å². The van der Waals surface area contributed by atoms with E-state index in [9.17, 15) is 4.79 Å². The lowest BCUT2D eigenvalue weighted by atomic mass is 9.91. The monoisotopic (exact) mass is 218 g/mol. The minimum Gasteiger partial charge on any atom is -0.331 e. The molecular weight excluding hydrogens is 200 g/mol. The summed E-state index contributed by atoms with van der Waals surface area (Å²) in [7, 11) is 0. The minimum atomic E-state index is 0.147. The van der Waals surface area contributed by atoms with Gasteiger partial charge in [0.15, 0.2) is 0 Å². The third-order valence-corrected chi connectivity index (χ3v) is 3.94. The first-order chi connectivity index (χ1) is 7.84. The third kappa shape index (κ3) is 1.64. The Kier molecular flexibility index (Phi) is 2.46. The zero-order chi connectivity index (χ0) is 11.0. The fourth-order valence-corrected chi connectivity index (χ4v) is 3.07. The van der Waals surface area contributed by atoms with Gasteiger partial charge in [-0.05, 0) is 37.7 Å². The maximum atomic E-state index is 11.9. The highest BCUT2D eigenvalue weighted by molar-refractivity contribution is 5.76. The van der Waals surface area contributed by atoms with Crippen molar-refractivity contribution >= 4 is 6.03 Å². The second-order valence-electron chi connectivity index (χ2n) is 4.94. The lowest BCUT2D eigenvalue weighted by molar-refractivity contribution is 0.165. The summed E-state index contributed by atoms with van der Waals surface area (Å²) < 4.78 is 0. The fraction of sp³-hybridized carbons (Fsp3) is 0.615. The highest BCUT2D eigenvalue weighted by Crippen LogP contribution is 2.29. The van der Waals surface area contributed by atoms with Gasteiger partial charge in [-0.15, -0.1) is 0 Å². The summed E-state index contributed by atoms with van der Waals surface area (Å²) in [5.41, 5.74) is 1.41. The van der Waals surface area contributed by atoms with E-state index in [1.165, 1.54) is 18.4 Å². The summed E-state index contributed by atoms with van der Waals surface area (Å²) in [4.78, 5) is 13.9. The molecule has 86 valence electrons. The number of fused-ring (bicyclic) bond motifs is 1. The van der Waals surface area contributed by atoms with Crippen molar-refractivity contribution in [1.29, 1.82) is 0 Å². The minimum absolute atomic E-state index is 0.147. The molecule has 1 N–H and O–H groups in total. The summed E-state index contributed by atoms with van der Waals surface area (Å²) in [5.74, 6) is 0. The SMILES string of the molecule is O=C1N[C@@H](C2=CC=CCC2)C[C@H]2CCCN12. The van der Waals surface area contributed by atoms with Crippen molar-refractivity contribution in [3.63, 3.8) is 0 Å². The van der Waals surface area contributed by atoms with Crippen LogP contribution in [0.3, 0.4) is 0 Å². The first-order valence-electron chi connectivity index (χ1n) is 6.27. The molecule has 0 aromatic rings. The van der Waals surface area contributed by atoms with E-state index in [1.54, 1.807) is 0 Å². The number of rotatable bonds is 1. The molecule has 3 heteroatoms. The van der Waals surface area contributed by atoms with Gasteiger partial charge in [0.05, 0.1) is 6.04 Å². The quantitative estimate of drug-likeness (QED) is 0.719. The van der Waals surface area contributed by atoms with Gasteiger partial charge in [-0.3, -0.25) is 0 Å². The topological polar surface area (TPSA) is 32.3 Å². The molecule has 2 amide bonds. The molecule has 0 radical (unpaired) electrons. The molecule has 0 spiro atoms. The van der Waals surface area contributed by atoms with Crippen LogP contribution in [0.25, 0.3) is 0 Å². The van der Waals surface area contributed by atoms with Crippen LogP contribution in [0.4, 0.5) is 4.79 Å². The van der Waals surface area contributed by atoms with E-state index < -0.39 is 0 Å². The van der Waals surface area contributed by atoms with Crippen molar-refractivity contribution in [2.45, 2.75) is 44.2 Å². The maximum Gasteiger partial charge on any atom is 0.318 e. The Balaban J connectivity index is 1.75. The number of carbonyl (C=O) groups is 1. The van der Waals surface area contributed by atoms with Gasteiger partial charge >= 0.3 is 6.03 Å². The Hall–Kier alpha value is -1.25. The van der Waals surface area contributed by atoms with Crippen molar-refractivity contribution < 1.29 is 4.79 Å². The molecule has 3 nitrogen and oxygen atoms in total. The summed E-state index contributed by atoms with van der Waals surface area (Å²) in [6.45, 7) is 0.947. The van der Waals surface area contributed by atoms with Crippen LogP contribution in [0.2, 0.25) is 0 Å². The Morgan fingerprint density at radius 1 is 1.44 bits per heavy atom. The van der Waals surface area contributed by atoms with Gasteiger partial charge < -0.3 is 10.2 Å². The number of carbonyl (C=O) groups excluding carboxylic acids is 1. The van der Waals surface area contributed by atoms with Gasteiger partial charge in [0.2, 0.25) is 0 Å². The highest BCUT2D eigenvalue weighted by atomic mass is 16.2. The molecule has 0 aromatic carbocycles. The first kappa shape index (κ1) is 9.94. The average molecular weight is 218 g/mol. The van der Waals surface area contributed by atoms with E-state index in [2.05, 4.69) is 23.5 Å². The molecule has 0 unspecified atom stereocenters. The molecule has 3 aliphatic rings. The van der Waals surface area contributed by atoms with E-state index in [-0.39, 0.29) is 12.1 Å². The van der Waals surface area contributed by atoms with Crippen LogP contribution in [0.1, 0.15) is 32.1 Å². The molecule has 16 heavy (non-hydrogen) atoms. The zero-order valence-electron chi connectivity index (χ0n) is 9.48. The molecular formula is C13H18N2O. The smallest absolute Gasteiger partial charge is 0.318 e. The van der Waals surface area contributed by atoms with Crippen LogP contribution in [0.15, 0.2) is 23.8 Å². The number of nitrogens with one attached hydrogen (secondary N) is 1. The van der Waals surface area contributed by atoms with Crippen LogP contribution >= 0.6 is 0 Å². The molecule has 2 heterocycles. The third-order valence-electron chi connectivity index (χ3n) is 3.94. The Bertz CT molecular complexity index is 359. The Labute approximate surface area is 96.2 Å². The number of amides is 2. The predicted octanol–water partition coefficient (Wildman–Crippen LogP) is 2.21. The lowest BCUT2D eigenvalue weighted by Gasteiger charge is -2.37. The molecule has 2 atom stereocenters. The van der Waals surface area contributed by atoms with Crippen molar-refractivity contribution in [1.82, 2.24) is 10.2 Å². The summed E-state index contributed by atoms with van der Waals surface area (Å²) in [6, 6.07) is 0.927. The van der Waals surface area contributed by atoms with Crippen LogP contribution in [0, 0.1) is 0 Å². The summed E-state index contributed by atoms with van der Waals surface area (Å²) >= 11 is 0. The summed E-state index contributed by atoms with van der Waals surface area (Å²) in [6.07, 6.45) is 12.2. The number of allylic oxidation sites excluding steroid dienone is 3. The largest absolute Gasteiger partial charge is 0.331 e. The number of hydrogen-bond donors (Lipinski definition) is 1. The number of urea groups is 1. The number of nitrogens with zero attached hydrogens (tertiary/aromatic N) is 1. The van der Waals surface area contributed by atoms with E-state index in [0.717, 1.165) is 25.8 Å². The lowest BCUT2D eigenvalue weighted by Crippen LogP contribution is -2.54. The van der Waals surface area contributed by atoms with Gasteiger partial charge in [0.1, 0.15) is 0 Å². The Morgan fingerprint density at radius 2 is 2.38 bits per heavy atom. The maximum absolute atomic E-state index is 11.9. The van der Waals surface area contributed by atoms with Gasteiger partial charge in [0, 0.05) is 12.6 Å². The van der Waals surface area contributed by atoms with E-state index in [1.807, 2.05) is 4.90 Å². The number of hydrogen-bond acceptors (Lipinski definition) is 1. The standard InChI is InChI=1S/C13H18N2O/c16-13-14-12(10-5-2-1-3-6-10)9-11-7-4-8-15(11)13/h1-2,5,11-12H,3-4,6-9H2,(H,14,16)/t11-,12-/m1/s1. The van der Waals surface area contributed by atoms with Gasteiger partial charge in [-0.1, -0.05) is 18.2 Å². The molecule has 2 aliphatic heterocycles.